The molecule has 0 saturated heterocycles. The van der Waals surface area contributed by atoms with Crippen LogP contribution < -0.4 is 0 Å². The van der Waals surface area contributed by atoms with E-state index in [0.29, 0.717) is 23.1 Å². The van der Waals surface area contributed by atoms with E-state index in [0.717, 1.165) is 0 Å². The monoisotopic (exact) mass is 300 g/mol. The van der Waals surface area contributed by atoms with Crippen LogP contribution in [0.4, 0.5) is 0 Å². The van der Waals surface area contributed by atoms with E-state index >= 15 is 0 Å². The number of ketones is 2. The number of fused-ring (bicyclic) bond motifs is 1. The van der Waals surface area contributed by atoms with E-state index in [2.05, 4.69) is 0 Å². The first-order valence-electron chi connectivity index (χ1n) is 7.27. The number of rotatable bonds is 2. The molecule has 1 aromatic heterocycles. The van der Waals surface area contributed by atoms with Gasteiger partial charge in [0.05, 0.1) is 12.2 Å². The van der Waals surface area contributed by atoms with Crippen molar-refractivity contribution in [2.75, 3.05) is 6.61 Å². The second kappa shape index (κ2) is 5.09. The van der Waals surface area contributed by atoms with E-state index < -0.39 is 5.97 Å². The zero-order chi connectivity index (χ0) is 16.0. The van der Waals surface area contributed by atoms with Crippen molar-refractivity contribution in [3.63, 3.8) is 0 Å². The highest BCUT2D eigenvalue weighted by Gasteiger charge is 2.40. The molecule has 0 radical (unpaired) electrons. The lowest BCUT2D eigenvalue weighted by molar-refractivity contribution is 0.0487. The molecule has 5 heteroatoms. The summed E-state index contributed by atoms with van der Waals surface area (Å²) in [6.07, 6.45) is 4.20. The number of hydrogen-bond acceptors (Lipinski definition) is 5. The van der Waals surface area contributed by atoms with E-state index in [9.17, 15) is 14.4 Å². The third-order valence-corrected chi connectivity index (χ3v) is 4.09. The van der Waals surface area contributed by atoms with Crippen LogP contribution in [0.5, 0.6) is 0 Å². The molecule has 0 fully saturated rings. The number of Topliss-reactive ketones (excluding diaryl/α,β-unsaturated/α-hetero) is 2. The lowest BCUT2D eigenvalue weighted by atomic mass is 9.77. The maximum Gasteiger partial charge on any atom is 0.374 e. The van der Waals surface area contributed by atoms with Gasteiger partial charge in [-0.3, -0.25) is 9.59 Å². The number of carbonyl (C=O) groups is 3. The van der Waals surface area contributed by atoms with Gasteiger partial charge >= 0.3 is 5.97 Å². The van der Waals surface area contributed by atoms with Gasteiger partial charge in [-0.1, -0.05) is 19.1 Å². The second-order valence-electron chi connectivity index (χ2n) is 5.45. The second-order valence-corrected chi connectivity index (χ2v) is 5.45. The van der Waals surface area contributed by atoms with Crippen LogP contribution in [0.15, 0.2) is 27.7 Å². The van der Waals surface area contributed by atoms with Gasteiger partial charge < -0.3 is 9.15 Å². The van der Waals surface area contributed by atoms with Crippen LogP contribution in [0.3, 0.4) is 0 Å². The molecule has 1 heterocycles. The summed E-state index contributed by atoms with van der Waals surface area (Å²) in [6.45, 7) is 5.36. The number of furan rings is 1. The van der Waals surface area contributed by atoms with Gasteiger partial charge in [0.2, 0.25) is 11.5 Å². The number of allylic oxidation sites excluding steroid dienone is 4. The van der Waals surface area contributed by atoms with E-state index in [-0.39, 0.29) is 41.2 Å². The van der Waals surface area contributed by atoms with Crippen LogP contribution in [-0.2, 0) is 4.74 Å². The SMILES string of the molecule is CCOC(=O)c1oc2c(c1C)C(=O)C1=C(CC=CC1C)C2=O. The predicted octanol–water partition coefficient (Wildman–Crippen LogP) is 3.04. The Labute approximate surface area is 127 Å². The Morgan fingerprint density at radius 1 is 1.36 bits per heavy atom. The Kier molecular flexibility index (Phi) is 3.35. The molecule has 0 aliphatic heterocycles. The van der Waals surface area contributed by atoms with Gasteiger partial charge in [0.15, 0.2) is 11.5 Å². The molecule has 1 aromatic rings. The average molecular weight is 300 g/mol. The number of hydrogen-bond donors (Lipinski definition) is 0. The molecule has 1 unspecified atom stereocenters. The van der Waals surface area contributed by atoms with Crippen molar-refractivity contribution in [1.82, 2.24) is 0 Å². The maximum absolute atomic E-state index is 12.8. The van der Waals surface area contributed by atoms with E-state index in [1.54, 1.807) is 13.8 Å². The van der Waals surface area contributed by atoms with Crippen LogP contribution in [0.2, 0.25) is 0 Å². The summed E-state index contributed by atoms with van der Waals surface area (Å²) < 4.78 is 10.3. The van der Waals surface area contributed by atoms with Crippen LogP contribution in [0.25, 0.3) is 0 Å². The summed E-state index contributed by atoms with van der Waals surface area (Å²) in [5, 5.41) is 0. The molecule has 22 heavy (non-hydrogen) atoms. The molecule has 0 N–H and O–H groups in total. The summed E-state index contributed by atoms with van der Waals surface area (Å²) in [7, 11) is 0. The van der Waals surface area contributed by atoms with Gasteiger partial charge in [-0.05, 0) is 20.3 Å². The van der Waals surface area contributed by atoms with Gasteiger partial charge in [0, 0.05) is 22.6 Å². The molecule has 2 aliphatic carbocycles. The smallest absolute Gasteiger partial charge is 0.374 e. The van der Waals surface area contributed by atoms with Crippen molar-refractivity contribution in [2.24, 2.45) is 5.92 Å². The molecular weight excluding hydrogens is 284 g/mol. The van der Waals surface area contributed by atoms with Gasteiger partial charge in [-0.15, -0.1) is 0 Å². The number of ether oxygens (including phenoxy) is 1. The van der Waals surface area contributed by atoms with Crippen molar-refractivity contribution in [2.45, 2.75) is 27.2 Å². The third kappa shape index (κ3) is 1.89. The van der Waals surface area contributed by atoms with Crippen molar-refractivity contribution < 1.29 is 23.5 Å². The minimum Gasteiger partial charge on any atom is -0.460 e. The zero-order valence-corrected chi connectivity index (χ0v) is 12.7. The first-order valence-corrected chi connectivity index (χ1v) is 7.27. The maximum atomic E-state index is 12.8. The van der Waals surface area contributed by atoms with Gasteiger partial charge in [0.25, 0.3) is 0 Å². The van der Waals surface area contributed by atoms with E-state index in [4.69, 9.17) is 9.15 Å². The Hall–Kier alpha value is -2.43. The Bertz CT molecular complexity index is 760. The van der Waals surface area contributed by atoms with Crippen LogP contribution >= 0.6 is 0 Å². The molecule has 0 amide bonds. The van der Waals surface area contributed by atoms with Crippen molar-refractivity contribution in [3.05, 3.63) is 45.9 Å². The topological polar surface area (TPSA) is 73.6 Å². The van der Waals surface area contributed by atoms with Gasteiger partial charge in [0.1, 0.15) is 0 Å². The minimum absolute atomic E-state index is 0.0354. The van der Waals surface area contributed by atoms with Crippen molar-refractivity contribution in [1.29, 1.82) is 0 Å². The van der Waals surface area contributed by atoms with Gasteiger partial charge in [-0.25, -0.2) is 4.79 Å². The molecule has 0 aromatic carbocycles. The zero-order valence-electron chi connectivity index (χ0n) is 12.7. The molecule has 3 rings (SSSR count). The summed E-state index contributed by atoms with van der Waals surface area (Å²) in [6, 6.07) is 0. The highest BCUT2D eigenvalue weighted by molar-refractivity contribution is 6.27. The van der Waals surface area contributed by atoms with Crippen LogP contribution in [-0.4, -0.2) is 24.1 Å². The molecule has 0 saturated carbocycles. The summed E-state index contributed by atoms with van der Waals surface area (Å²) in [4.78, 5) is 37.3. The number of carbonyl (C=O) groups excluding carboxylic acids is 3. The summed E-state index contributed by atoms with van der Waals surface area (Å²) in [5.74, 6) is -1.40. The summed E-state index contributed by atoms with van der Waals surface area (Å²) in [5.41, 5.74) is 1.56. The first-order chi connectivity index (χ1) is 10.5. The fraction of sp³-hybridized carbons (Fsp3) is 0.353. The quantitative estimate of drug-likeness (QED) is 0.620. The van der Waals surface area contributed by atoms with Crippen LogP contribution in [0, 0.1) is 12.8 Å². The highest BCUT2D eigenvalue weighted by Crippen LogP contribution is 2.38. The van der Waals surface area contributed by atoms with E-state index in [1.807, 2.05) is 19.1 Å². The molecular formula is C17H16O5. The van der Waals surface area contributed by atoms with Crippen molar-refractivity contribution >= 4 is 17.5 Å². The average Bonchev–Trinajstić information content (AvgIpc) is 2.83. The highest BCUT2D eigenvalue weighted by atomic mass is 16.5. The normalized spacial score (nSPS) is 20.0. The lowest BCUT2D eigenvalue weighted by Crippen LogP contribution is -2.25. The Morgan fingerprint density at radius 3 is 2.77 bits per heavy atom. The fourth-order valence-corrected chi connectivity index (χ4v) is 3.04. The summed E-state index contributed by atoms with van der Waals surface area (Å²) >= 11 is 0. The van der Waals surface area contributed by atoms with Crippen molar-refractivity contribution in [3.8, 4) is 0 Å². The molecule has 0 spiro atoms. The standard InChI is InChI=1S/C17H16O5/c1-4-21-17(20)15-9(3)12-14(19)11-8(2)6-5-7-10(11)13(18)16(12)22-15/h5-6,8H,4,7H2,1-3H3. The van der Waals surface area contributed by atoms with Crippen LogP contribution in [0.1, 0.15) is 57.3 Å². The Morgan fingerprint density at radius 2 is 2.09 bits per heavy atom. The largest absolute Gasteiger partial charge is 0.460 e. The molecule has 114 valence electrons. The molecule has 5 nitrogen and oxygen atoms in total. The van der Waals surface area contributed by atoms with Gasteiger partial charge in [-0.2, -0.15) is 0 Å². The minimum atomic E-state index is -0.654. The third-order valence-electron chi connectivity index (χ3n) is 4.09. The molecule has 1 atom stereocenters. The molecule has 0 bridgehead atoms. The van der Waals surface area contributed by atoms with E-state index in [1.165, 1.54) is 0 Å². The molecule has 2 aliphatic rings. The first kappa shape index (κ1) is 14.5. The number of esters is 1. The lowest BCUT2D eigenvalue weighted by Gasteiger charge is -2.23. The fourth-order valence-electron chi connectivity index (χ4n) is 3.04. The predicted molar refractivity (Wildman–Crippen MR) is 78.0 cm³/mol. The Balaban J connectivity index is 2.14.